The van der Waals surface area contributed by atoms with Gasteiger partial charge in [-0.3, -0.25) is 9.59 Å². The average molecular weight is 417 g/mol. The Hall–Kier alpha value is -1.18. The van der Waals surface area contributed by atoms with Crippen molar-refractivity contribution in [1.29, 1.82) is 0 Å². The number of rotatable bonds is 20. The first-order chi connectivity index (χ1) is 14.7. The molecule has 0 heterocycles. The molecule has 0 saturated heterocycles. The summed E-state index contributed by atoms with van der Waals surface area (Å²) in [6, 6.07) is 0. The van der Waals surface area contributed by atoms with Crippen molar-refractivity contribution < 1.29 is 9.59 Å². The molecule has 2 heteroatoms. The molecule has 0 atom stereocenters. The van der Waals surface area contributed by atoms with Crippen molar-refractivity contribution in [1.82, 2.24) is 0 Å². The van der Waals surface area contributed by atoms with Crippen LogP contribution in [0.15, 0.2) is 23.3 Å². The molecule has 1 aliphatic rings. The SMILES string of the molecule is CCCCCCCCCCCC1=C(CCCCCCCCCCC)C(=O)C=CC1=O. The molecule has 1 rings (SSSR count). The second-order valence-corrected chi connectivity index (χ2v) is 9.18. The molecule has 2 nitrogen and oxygen atoms in total. The van der Waals surface area contributed by atoms with Crippen LogP contribution in [0.2, 0.25) is 0 Å². The molecular formula is C28H48O2. The van der Waals surface area contributed by atoms with E-state index in [1.54, 1.807) is 0 Å². The summed E-state index contributed by atoms with van der Waals surface area (Å²) in [6.45, 7) is 4.51. The van der Waals surface area contributed by atoms with Gasteiger partial charge in [0.2, 0.25) is 0 Å². The first-order valence-corrected chi connectivity index (χ1v) is 13.2. The number of allylic oxidation sites excluding steroid dienone is 4. The normalized spacial score (nSPS) is 14.2. The maximum Gasteiger partial charge on any atom is 0.182 e. The quantitative estimate of drug-likeness (QED) is 0.147. The Kier molecular flexibility index (Phi) is 16.6. The summed E-state index contributed by atoms with van der Waals surface area (Å²) in [5.74, 6) is 0.167. The summed E-state index contributed by atoms with van der Waals surface area (Å²) in [4.78, 5) is 24.8. The zero-order valence-corrected chi connectivity index (χ0v) is 20.1. The molecule has 0 radical (unpaired) electrons. The lowest BCUT2D eigenvalue weighted by molar-refractivity contribution is -0.115. The van der Waals surface area contributed by atoms with Gasteiger partial charge in [-0.1, -0.05) is 117 Å². The predicted molar refractivity (Wildman–Crippen MR) is 130 cm³/mol. The lowest BCUT2D eigenvalue weighted by Gasteiger charge is -2.15. The van der Waals surface area contributed by atoms with Crippen molar-refractivity contribution in [3.05, 3.63) is 23.3 Å². The average Bonchev–Trinajstić information content (AvgIpc) is 2.75. The molecule has 1 aliphatic carbocycles. The van der Waals surface area contributed by atoms with Crippen molar-refractivity contribution in [2.75, 3.05) is 0 Å². The van der Waals surface area contributed by atoms with Crippen LogP contribution in [0.5, 0.6) is 0 Å². The summed E-state index contributed by atoms with van der Waals surface area (Å²) in [7, 11) is 0. The van der Waals surface area contributed by atoms with E-state index in [1.807, 2.05) is 0 Å². The maximum atomic E-state index is 12.4. The summed E-state index contributed by atoms with van der Waals surface area (Å²) >= 11 is 0. The Labute approximate surface area is 187 Å². The van der Waals surface area contributed by atoms with Gasteiger partial charge in [0.1, 0.15) is 0 Å². The van der Waals surface area contributed by atoms with Crippen LogP contribution in [0.4, 0.5) is 0 Å². The van der Waals surface area contributed by atoms with E-state index in [-0.39, 0.29) is 11.6 Å². The highest BCUT2D eigenvalue weighted by Crippen LogP contribution is 2.25. The Bertz CT molecular complexity index is 481. The van der Waals surface area contributed by atoms with Crippen molar-refractivity contribution in [2.24, 2.45) is 0 Å². The Balaban J connectivity index is 2.25. The molecule has 0 fully saturated rings. The van der Waals surface area contributed by atoms with Gasteiger partial charge in [-0.15, -0.1) is 0 Å². The molecule has 0 aromatic carbocycles. The highest BCUT2D eigenvalue weighted by Gasteiger charge is 2.21. The van der Waals surface area contributed by atoms with E-state index in [4.69, 9.17) is 0 Å². The lowest BCUT2D eigenvalue weighted by Crippen LogP contribution is -2.15. The zero-order valence-electron chi connectivity index (χ0n) is 20.1. The lowest BCUT2D eigenvalue weighted by atomic mass is 9.88. The zero-order chi connectivity index (χ0) is 21.9. The molecule has 0 bridgehead atoms. The first-order valence-electron chi connectivity index (χ1n) is 13.2. The van der Waals surface area contributed by atoms with Crippen LogP contribution in [-0.4, -0.2) is 11.6 Å². The molecular weight excluding hydrogens is 368 g/mol. The molecule has 0 spiro atoms. The fourth-order valence-electron chi connectivity index (χ4n) is 4.42. The Morgan fingerprint density at radius 1 is 0.433 bits per heavy atom. The molecule has 0 N–H and O–H groups in total. The second kappa shape index (κ2) is 18.6. The van der Waals surface area contributed by atoms with Crippen LogP contribution < -0.4 is 0 Å². The van der Waals surface area contributed by atoms with Crippen molar-refractivity contribution in [2.45, 2.75) is 142 Å². The van der Waals surface area contributed by atoms with E-state index in [0.717, 1.165) is 36.8 Å². The fourth-order valence-corrected chi connectivity index (χ4v) is 4.42. The monoisotopic (exact) mass is 416 g/mol. The minimum Gasteiger partial charge on any atom is -0.290 e. The van der Waals surface area contributed by atoms with Gasteiger partial charge in [0.15, 0.2) is 11.6 Å². The summed E-state index contributed by atoms with van der Waals surface area (Å²) in [6.07, 6.45) is 27.6. The van der Waals surface area contributed by atoms with E-state index in [0.29, 0.717) is 0 Å². The van der Waals surface area contributed by atoms with E-state index in [1.165, 1.54) is 115 Å². The van der Waals surface area contributed by atoms with Crippen LogP contribution in [0.25, 0.3) is 0 Å². The van der Waals surface area contributed by atoms with Gasteiger partial charge in [-0.25, -0.2) is 0 Å². The second-order valence-electron chi connectivity index (χ2n) is 9.18. The number of hydrogen-bond acceptors (Lipinski definition) is 2. The highest BCUT2D eigenvalue weighted by molar-refractivity contribution is 6.20. The third-order valence-corrected chi connectivity index (χ3v) is 6.41. The minimum atomic E-state index is 0.0834. The number of ketones is 2. The molecule has 172 valence electrons. The largest absolute Gasteiger partial charge is 0.290 e. The van der Waals surface area contributed by atoms with Gasteiger partial charge in [-0.2, -0.15) is 0 Å². The smallest absolute Gasteiger partial charge is 0.182 e. The molecule has 0 aromatic rings. The van der Waals surface area contributed by atoms with E-state index < -0.39 is 0 Å². The van der Waals surface area contributed by atoms with Crippen molar-refractivity contribution >= 4 is 11.6 Å². The van der Waals surface area contributed by atoms with Gasteiger partial charge in [0, 0.05) is 11.1 Å². The summed E-state index contributed by atoms with van der Waals surface area (Å²) in [5, 5.41) is 0. The van der Waals surface area contributed by atoms with Gasteiger partial charge < -0.3 is 0 Å². The first kappa shape index (κ1) is 26.9. The number of unbranched alkanes of at least 4 members (excludes halogenated alkanes) is 16. The summed E-state index contributed by atoms with van der Waals surface area (Å²) in [5.41, 5.74) is 1.65. The fraction of sp³-hybridized carbons (Fsp3) is 0.786. The number of hydrogen-bond donors (Lipinski definition) is 0. The van der Waals surface area contributed by atoms with Gasteiger partial charge in [0.25, 0.3) is 0 Å². The minimum absolute atomic E-state index is 0.0834. The summed E-state index contributed by atoms with van der Waals surface area (Å²) < 4.78 is 0. The third kappa shape index (κ3) is 12.5. The molecule has 0 amide bonds. The molecule has 0 saturated carbocycles. The molecule has 0 aromatic heterocycles. The predicted octanol–water partition coefficient (Wildman–Crippen LogP) is 8.83. The Morgan fingerprint density at radius 3 is 1.00 bits per heavy atom. The van der Waals surface area contributed by atoms with Gasteiger partial charge >= 0.3 is 0 Å². The third-order valence-electron chi connectivity index (χ3n) is 6.41. The molecule has 30 heavy (non-hydrogen) atoms. The van der Waals surface area contributed by atoms with Crippen LogP contribution >= 0.6 is 0 Å². The molecule has 0 unspecified atom stereocenters. The number of carbonyl (C=O) groups is 2. The van der Waals surface area contributed by atoms with Crippen LogP contribution in [0.3, 0.4) is 0 Å². The van der Waals surface area contributed by atoms with E-state index in [2.05, 4.69) is 13.8 Å². The van der Waals surface area contributed by atoms with Gasteiger partial charge in [-0.05, 0) is 37.8 Å². The van der Waals surface area contributed by atoms with E-state index >= 15 is 0 Å². The number of carbonyl (C=O) groups excluding carboxylic acids is 2. The van der Waals surface area contributed by atoms with E-state index in [9.17, 15) is 9.59 Å². The van der Waals surface area contributed by atoms with Crippen LogP contribution in [0, 0.1) is 0 Å². The Morgan fingerprint density at radius 2 is 0.700 bits per heavy atom. The van der Waals surface area contributed by atoms with Crippen molar-refractivity contribution in [3.63, 3.8) is 0 Å². The maximum absolute atomic E-state index is 12.4. The van der Waals surface area contributed by atoms with Crippen molar-refractivity contribution in [3.8, 4) is 0 Å². The van der Waals surface area contributed by atoms with Crippen LogP contribution in [0.1, 0.15) is 142 Å². The molecule has 0 aliphatic heterocycles. The standard InChI is InChI=1S/C28H48O2/c1-3-5-7-9-11-13-15-17-19-21-25-26(28(30)24-23-27(25)29)22-20-18-16-14-12-10-8-6-4-2/h23-24H,3-22H2,1-2H3. The topological polar surface area (TPSA) is 34.1 Å². The van der Waals surface area contributed by atoms with Gasteiger partial charge in [0.05, 0.1) is 0 Å². The highest BCUT2D eigenvalue weighted by atomic mass is 16.1. The van der Waals surface area contributed by atoms with Crippen LogP contribution in [-0.2, 0) is 9.59 Å².